The Bertz CT molecular complexity index is 534. The van der Waals surface area contributed by atoms with Crippen LogP contribution in [-0.4, -0.2) is 46.5 Å². The summed E-state index contributed by atoms with van der Waals surface area (Å²) in [6.07, 6.45) is 8.30. The van der Waals surface area contributed by atoms with Crippen LogP contribution in [0.2, 0.25) is 0 Å². The number of methoxy groups -OCH3 is 1. The minimum absolute atomic E-state index is 0.0139. The van der Waals surface area contributed by atoms with Gasteiger partial charge >= 0.3 is 6.03 Å². The number of carbonyl (C=O) groups excluding carboxylic acids is 1. The van der Waals surface area contributed by atoms with Crippen LogP contribution in [0.3, 0.4) is 0 Å². The Morgan fingerprint density at radius 1 is 1.41 bits per heavy atom. The maximum atomic E-state index is 12.5. The molecule has 122 valence electrons. The van der Waals surface area contributed by atoms with Crippen LogP contribution in [0.25, 0.3) is 0 Å². The number of hydrogen-bond acceptors (Lipinski definition) is 3. The lowest BCUT2D eigenvalue weighted by Crippen LogP contribution is -2.47. The van der Waals surface area contributed by atoms with E-state index in [2.05, 4.69) is 10.4 Å². The molecule has 6 heteroatoms. The summed E-state index contributed by atoms with van der Waals surface area (Å²) in [5, 5.41) is 7.39. The highest BCUT2D eigenvalue weighted by Crippen LogP contribution is 2.32. The number of amides is 2. The quantitative estimate of drug-likeness (QED) is 0.927. The maximum absolute atomic E-state index is 12.5. The summed E-state index contributed by atoms with van der Waals surface area (Å²) in [6, 6.07) is 0.0139. The van der Waals surface area contributed by atoms with Crippen LogP contribution in [0.15, 0.2) is 6.20 Å². The van der Waals surface area contributed by atoms with Crippen molar-refractivity contribution in [3.8, 4) is 0 Å². The minimum atomic E-state index is -0.152. The van der Waals surface area contributed by atoms with Gasteiger partial charge in [-0.1, -0.05) is 12.8 Å². The molecule has 2 heterocycles. The predicted molar refractivity (Wildman–Crippen MR) is 83.5 cm³/mol. The standard InChI is InChI=1S/C16H26N4O2/c1-19-14-6-5-9-20(11-13(14)10-18-19)15(21)17-12-16(22-2)7-3-4-8-16/h10H,3-9,11-12H2,1-2H3,(H,17,21). The number of aromatic nitrogens is 2. The van der Waals surface area contributed by atoms with E-state index in [4.69, 9.17) is 4.74 Å². The fourth-order valence-electron chi connectivity index (χ4n) is 3.68. The molecule has 0 bridgehead atoms. The third-order valence-electron chi connectivity index (χ3n) is 5.15. The number of aryl methyl sites for hydroxylation is 1. The molecule has 2 aliphatic rings. The third-order valence-corrected chi connectivity index (χ3v) is 5.15. The molecule has 0 atom stereocenters. The van der Waals surface area contributed by atoms with Crippen molar-refractivity contribution < 1.29 is 9.53 Å². The Hall–Kier alpha value is -1.56. The number of carbonyl (C=O) groups is 1. The van der Waals surface area contributed by atoms with E-state index in [9.17, 15) is 4.79 Å². The molecule has 1 aliphatic heterocycles. The lowest BCUT2D eigenvalue weighted by atomic mass is 10.0. The Balaban J connectivity index is 1.60. The van der Waals surface area contributed by atoms with Crippen LogP contribution in [0.1, 0.15) is 43.4 Å². The van der Waals surface area contributed by atoms with Gasteiger partial charge in [0.2, 0.25) is 0 Å². The molecule has 1 aliphatic carbocycles. The van der Waals surface area contributed by atoms with Gasteiger partial charge in [0.05, 0.1) is 18.3 Å². The van der Waals surface area contributed by atoms with Gasteiger partial charge in [-0.15, -0.1) is 0 Å². The molecule has 6 nitrogen and oxygen atoms in total. The Morgan fingerprint density at radius 3 is 2.91 bits per heavy atom. The Labute approximate surface area is 131 Å². The zero-order chi connectivity index (χ0) is 15.6. The van der Waals surface area contributed by atoms with E-state index in [1.165, 1.54) is 18.5 Å². The Morgan fingerprint density at radius 2 is 2.18 bits per heavy atom. The maximum Gasteiger partial charge on any atom is 0.317 e. The molecule has 3 rings (SSSR count). The fourth-order valence-corrected chi connectivity index (χ4v) is 3.68. The van der Waals surface area contributed by atoms with Crippen molar-refractivity contribution in [2.24, 2.45) is 7.05 Å². The highest BCUT2D eigenvalue weighted by Gasteiger charge is 2.34. The van der Waals surface area contributed by atoms with Gasteiger partial charge in [-0.05, 0) is 25.7 Å². The first kappa shape index (κ1) is 15.3. The average Bonchev–Trinajstić information content (AvgIpc) is 3.07. The number of ether oxygens (including phenoxy) is 1. The first-order chi connectivity index (χ1) is 10.6. The zero-order valence-corrected chi connectivity index (χ0v) is 13.6. The minimum Gasteiger partial charge on any atom is -0.376 e. The van der Waals surface area contributed by atoms with Crippen molar-refractivity contribution >= 4 is 6.03 Å². The summed E-state index contributed by atoms with van der Waals surface area (Å²) in [6.45, 7) is 2.05. The fraction of sp³-hybridized carbons (Fsp3) is 0.750. The molecule has 0 unspecified atom stereocenters. The number of hydrogen-bond donors (Lipinski definition) is 1. The van der Waals surface area contributed by atoms with Gasteiger partial charge in [0.15, 0.2) is 0 Å². The molecule has 1 N–H and O–H groups in total. The van der Waals surface area contributed by atoms with Crippen molar-refractivity contribution in [3.05, 3.63) is 17.5 Å². The molecule has 1 saturated carbocycles. The molecular weight excluding hydrogens is 280 g/mol. The zero-order valence-electron chi connectivity index (χ0n) is 13.6. The van der Waals surface area contributed by atoms with E-state index in [1.807, 2.05) is 22.8 Å². The highest BCUT2D eigenvalue weighted by molar-refractivity contribution is 5.74. The molecule has 0 spiro atoms. The van der Waals surface area contributed by atoms with Crippen LogP contribution < -0.4 is 5.32 Å². The average molecular weight is 306 g/mol. The van der Waals surface area contributed by atoms with Gasteiger partial charge < -0.3 is 15.0 Å². The van der Waals surface area contributed by atoms with Gasteiger partial charge in [-0.2, -0.15) is 5.10 Å². The molecule has 0 saturated heterocycles. The van der Waals surface area contributed by atoms with Gasteiger partial charge in [-0.25, -0.2) is 4.79 Å². The van der Waals surface area contributed by atoms with Crippen LogP contribution in [0.4, 0.5) is 4.79 Å². The van der Waals surface area contributed by atoms with Crippen LogP contribution in [0.5, 0.6) is 0 Å². The van der Waals surface area contributed by atoms with E-state index in [-0.39, 0.29) is 11.6 Å². The summed E-state index contributed by atoms with van der Waals surface area (Å²) in [7, 11) is 3.72. The first-order valence-corrected chi connectivity index (χ1v) is 8.21. The highest BCUT2D eigenvalue weighted by atomic mass is 16.5. The van der Waals surface area contributed by atoms with E-state index in [0.29, 0.717) is 13.1 Å². The van der Waals surface area contributed by atoms with E-state index in [1.54, 1.807) is 7.11 Å². The van der Waals surface area contributed by atoms with Crippen LogP contribution in [0, 0.1) is 0 Å². The van der Waals surface area contributed by atoms with Gasteiger partial charge in [0.25, 0.3) is 0 Å². The molecule has 1 fully saturated rings. The van der Waals surface area contributed by atoms with Crippen molar-refractivity contribution in [1.29, 1.82) is 0 Å². The smallest absolute Gasteiger partial charge is 0.317 e. The number of fused-ring (bicyclic) bond motifs is 1. The summed E-state index contributed by atoms with van der Waals surface area (Å²) in [5.41, 5.74) is 2.26. The number of urea groups is 1. The normalized spacial score (nSPS) is 20.5. The SMILES string of the molecule is COC1(CNC(=O)N2CCCc3c(cnn3C)C2)CCCC1. The number of nitrogens with one attached hydrogen (secondary N) is 1. The summed E-state index contributed by atoms with van der Waals surface area (Å²) < 4.78 is 7.60. The molecule has 1 aromatic heterocycles. The van der Waals surface area contributed by atoms with Crippen molar-refractivity contribution in [3.63, 3.8) is 0 Å². The lowest BCUT2D eigenvalue weighted by Gasteiger charge is -2.29. The first-order valence-electron chi connectivity index (χ1n) is 8.21. The summed E-state index contributed by atoms with van der Waals surface area (Å²) in [4.78, 5) is 14.4. The second kappa shape index (κ2) is 6.28. The third kappa shape index (κ3) is 2.97. The monoisotopic (exact) mass is 306 g/mol. The second-order valence-electron chi connectivity index (χ2n) is 6.52. The molecule has 0 aromatic carbocycles. The molecule has 1 aromatic rings. The van der Waals surface area contributed by atoms with E-state index < -0.39 is 0 Å². The van der Waals surface area contributed by atoms with Gasteiger partial charge in [0, 0.05) is 38.5 Å². The second-order valence-corrected chi connectivity index (χ2v) is 6.52. The summed E-state index contributed by atoms with van der Waals surface area (Å²) in [5.74, 6) is 0. The summed E-state index contributed by atoms with van der Waals surface area (Å²) >= 11 is 0. The topological polar surface area (TPSA) is 59.4 Å². The largest absolute Gasteiger partial charge is 0.376 e. The Kier molecular flexibility index (Phi) is 4.38. The van der Waals surface area contributed by atoms with Crippen molar-refractivity contribution in [2.45, 2.75) is 50.7 Å². The van der Waals surface area contributed by atoms with E-state index in [0.717, 1.165) is 37.8 Å². The van der Waals surface area contributed by atoms with Gasteiger partial charge in [-0.3, -0.25) is 4.68 Å². The number of nitrogens with zero attached hydrogens (tertiary/aromatic N) is 3. The molecule has 22 heavy (non-hydrogen) atoms. The van der Waals surface area contributed by atoms with Crippen molar-refractivity contribution in [1.82, 2.24) is 20.0 Å². The molecular formula is C16H26N4O2. The molecule has 0 radical (unpaired) electrons. The van der Waals surface area contributed by atoms with E-state index >= 15 is 0 Å². The number of rotatable bonds is 3. The van der Waals surface area contributed by atoms with Crippen LogP contribution in [-0.2, 0) is 24.8 Å². The van der Waals surface area contributed by atoms with Gasteiger partial charge in [0.1, 0.15) is 0 Å². The predicted octanol–water partition coefficient (Wildman–Crippen LogP) is 1.84. The molecule has 2 amide bonds. The van der Waals surface area contributed by atoms with Crippen molar-refractivity contribution in [2.75, 3.05) is 20.2 Å². The lowest BCUT2D eigenvalue weighted by molar-refractivity contribution is -0.00199. The van der Waals surface area contributed by atoms with Crippen LogP contribution >= 0.6 is 0 Å².